The van der Waals surface area contributed by atoms with Gasteiger partial charge in [0.2, 0.25) is 10.0 Å². The van der Waals surface area contributed by atoms with Crippen molar-refractivity contribution in [2.75, 3.05) is 37.3 Å². The van der Waals surface area contributed by atoms with Gasteiger partial charge in [-0.2, -0.15) is 0 Å². The minimum Gasteiger partial charge on any atom is -0.491 e. The molecule has 2 atom stereocenters. The van der Waals surface area contributed by atoms with Crippen molar-refractivity contribution in [1.29, 1.82) is 0 Å². The molecule has 8 heteroatoms. The number of hydrogen-bond donors (Lipinski definition) is 1. The Hall–Kier alpha value is -1.80. The van der Waals surface area contributed by atoms with Gasteiger partial charge < -0.3 is 9.84 Å². The molecule has 2 aromatic carbocycles. The van der Waals surface area contributed by atoms with Gasteiger partial charge in [0.05, 0.1) is 11.9 Å². The third-order valence-electron chi connectivity index (χ3n) is 6.18. The van der Waals surface area contributed by atoms with Gasteiger partial charge >= 0.3 is 0 Å². The summed E-state index contributed by atoms with van der Waals surface area (Å²) in [5.74, 6) is 0.931. The highest BCUT2D eigenvalue weighted by molar-refractivity contribution is 7.92. The molecule has 1 N–H and O–H groups in total. The minimum atomic E-state index is -3.31. The Morgan fingerprint density at radius 3 is 2.55 bits per heavy atom. The number of hydrogen-bond acceptors (Lipinski definition) is 5. The van der Waals surface area contributed by atoms with Crippen LogP contribution in [-0.2, 0) is 10.0 Å². The third-order valence-corrected chi connectivity index (χ3v) is 7.62. The van der Waals surface area contributed by atoms with Gasteiger partial charge in [0.25, 0.3) is 0 Å². The lowest BCUT2D eigenvalue weighted by atomic mass is 9.82. The van der Waals surface area contributed by atoms with Gasteiger partial charge in [0.15, 0.2) is 0 Å². The molecule has 170 valence electrons. The summed E-state index contributed by atoms with van der Waals surface area (Å²) in [6.45, 7) is 5.98. The average Bonchev–Trinajstić information content (AvgIpc) is 2.99. The second kappa shape index (κ2) is 9.36. The van der Waals surface area contributed by atoms with Crippen LogP contribution in [0.2, 0.25) is 5.02 Å². The first-order chi connectivity index (χ1) is 14.5. The van der Waals surface area contributed by atoms with E-state index in [1.807, 2.05) is 18.2 Å². The molecule has 31 heavy (non-hydrogen) atoms. The number of anilines is 1. The zero-order valence-corrected chi connectivity index (χ0v) is 20.0. The smallest absolute Gasteiger partial charge is 0.231 e. The van der Waals surface area contributed by atoms with E-state index in [1.54, 1.807) is 24.3 Å². The lowest BCUT2D eigenvalue weighted by Crippen LogP contribution is -2.46. The van der Waals surface area contributed by atoms with Crippen molar-refractivity contribution < 1.29 is 18.3 Å². The van der Waals surface area contributed by atoms with E-state index < -0.39 is 16.1 Å². The third kappa shape index (κ3) is 5.71. The van der Waals surface area contributed by atoms with Crippen LogP contribution in [0.4, 0.5) is 5.69 Å². The van der Waals surface area contributed by atoms with Crippen LogP contribution in [0.15, 0.2) is 48.5 Å². The topological polar surface area (TPSA) is 70.1 Å². The minimum absolute atomic E-state index is 0.108. The van der Waals surface area contributed by atoms with Crippen LogP contribution in [0.3, 0.4) is 0 Å². The van der Waals surface area contributed by atoms with Gasteiger partial charge in [0, 0.05) is 30.1 Å². The molecule has 0 saturated carbocycles. The summed E-state index contributed by atoms with van der Waals surface area (Å²) in [6.07, 6.45) is 1.52. The molecular weight excluding hydrogens is 436 g/mol. The Bertz CT molecular complexity index is 995. The van der Waals surface area contributed by atoms with Gasteiger partial charge in [-0.15, -0.1) is 0 Å². The van der Waals surface area contributed by atoms with E-state index in [0.29, 0.717) is 23.9 Å². The summed E-state index contributed by atoms with van der Waals surface area (Å²) in [5.41, 5.74) is 1.68. The van der Waals surface area contributed by atoms with Gasteiger partial charge in [-0.1, -0.05) is 23.7 Å². The molecular formula is C23H31ClN2O4S. The first-order valence-corrected chi connectivity index (χ1v) is 12.6. The summed E-state index contributed by atoms with van der Waals surface area (Å²) in [5, 5.41) is 11.3. The number of β-amino-alcohol motifs (C(OH)–C–C–N with tert-alkyl or cyclic N) is 1. The highest BCUT2D eigenvalue weighted by Crippen LogP contribution is 2.42. The Morgan fingerprint density at radius 1 is 1.26 bits per heavy atom. The van der Waals surface area contributed by atoms with Crippen LogP contribution in [0.1, 0.15) is 31.7 Å². The molecule has 0 aliphatic carbocycles. The summed E-state index contributed by atoms with van der Waals surface area (Å²) in [4.78, 5) is 2.30. The summed E-state index contributed by atoms with van der Waals surface area (Å²) in [7, 11) is -1.80. The van der Waals surface area contributed by atoms with E-state index in [2.05, 4.69) is 24.8 Å². The van der Waals surface area contributed by atoms with Gasteiger partial charge in [0.1, 0.15) is 18.5 Å². The average molecular weight is 467 g/mol. The lowest BCUT2D eigenvalue weighted by molar-refractivity contribution is 0.0433. The number of aliphatic hydroxyl groups excluding tert-OH is 1. The van der Waals surface area contributed by atoms with E-state index >= 15 is 0 Å². The van der Waals surface area contributed by atoms with Crippen LogP contribution in [0.5, 0.6) is 5.75 Å². The Morgan fingerprint density at radius 2 is 1.94 bits per heavy atom. The molecule has 0 unspecified atom stereocenters. The zero-order valence-electron chi connectivity index (χ0n) is 18.5. The molecule has 0 bridgehead atoms. The predicted octanol–water partition coefficient (Wildman–Crippen LogP) is 3.74. The first kappa shape index (κ1) is 23.9. The largest absolute Gasteiger partial charge is 0.491 e. The molecule has 3 rings (SSSR count). The molecule has 2 aromatic rings. The standard InChI is InChI=1S/C23H31ClN2O4S/c1-23(2)22(17-6-5-7-18(24)14-17)12-13-26(23)15-20(27)16-30-21-10-8-19(9-11-21)25(3)31(4,28)29/h5-11,14,20,22,27H,12-13,15-16H2,1-4H3/t20-,22-/m0/s1. The number of halogens is 1. The molecule has 1 saturated heterocycles. The summed E-state index contributed by atoms with van der Waals surface area (Å²) < 4.78 is 30.2. The predicted molar refractivity (Wildman–Crippen MR) is 126 cm³/mol. The summed E-state index contributed by atoms with van der Waals surface area (Å²) >= 11 is 6.18. The van der Waals surface area contributed by atoms with Crippen LogP contribution < -0.4 is 9.04 Å². The monoisotopic (exact) mass is 466 g/mol. The van der Waals surface area contributed by atoms with Crippen LogP contribution >= 0.6 is 11.6 Å². The fourth-order valence-corrected chi connectivity index (χ4v) is 4.92. The number of ether oxygens (including phenoxy) is 1. The number of sulfonamides is 1. The second-order valence-electron chi connectivity index (χ2n) is 8.69. The van der Waals surface area contributed by atoms with Gasteiger partial charge in [-0.3, -0.25) is 9.21 Å². The van der Waals surface area contributed by atoms with E-state index in [1.165, 1.54) is 16.9 Å². The number of aliphatic hydroxyl groups is 1. The number of nitrogens with zero attached hydrogens (tertiary/aromatic N) is 2. The zero-order chi connectivity index (χ0) is 22.8. The van der Waals surface area contributed by atoms with E-state index in [4.69, 9.17) is 16.3 Å². The van der Waals surface area contributed by atoms with Crippen molar-refractivity contribution in [2.45, 2.75) is 37.8 Å². The normalized spacial score (nSPS) is 19.9. The maximum atomic E-state index is 11.6. The van der Waals surface area contributed by atoms with Crippen LogP contribution in [0.25, 0.3) is 0 Å². The Kier molecular flexibility index (Phi) is 7.21. The summed E-state index contributed by atoms with van der Waals surface area (Å²) in [6, 6.07) is 14.8. The van der Waals surface area contributed by atoms with Crippen molar-refractivity contribution in [3.05, 3.63) is 59.1 Å². The highest BCUT2D eigenvalue weighted by atomic mass is 35.5. The van der Waals surface area contributed by atoms with E-state index in [-0.39, 0.29) is 12.1 Å². The SMILES string of the molecule is CN(c1ccc(OC[C@@H](O)CN2CC[C@@H](c3cccc(Cl)c3)C2(C)C)cc1)S(C)(=O)=O. The maximum Gasteiger partial charge on any atom is 0.231 e. The molecule has 0 radical (unpaired) electrons. The molecule has 0 amide bonds. The Labute approximate surface area is 190 Å². The molecule has 6 nitrogen and oxygen atoms in total. The number of likely N-dealkylation sites (tertiary alicyclic amines) is 1. The first-order valence-electron chi connectivity index (χ1n) is 10.3. The molecule has 1 heterocycles. The van der Waals surface area contributed by atoms with E-state index in [0.717, 1.165) is 24.2 Å². The van der Waals surface area contributed by atoms with Crippen molar-refractivity contribution >= 4 is 27.3 Å². The van der Waals surface area contributed by atoms with Crippen molar-refractivity contribution in [3.63, 3.8) is 0 Å². The highest BCUT2D eigenvalue weighted by Gasteiger charge is 2.42. The van der Waals surface area contributed by atoms with Gasteiger partial charge in [-0.05, 0) is 68.8 Å². The van der Waals surface area contributed by atoms with Crippen molar-refractivity contribution in [2.24, 2.45) is 0 Å². The Balaban J connectivity index is 1.56. The van der Waals surface area contributed by atoms with Gasteiger partial charge in [-0.25, -0.2) is 8.42 Å². The fourth-order valence-electron chi connectivity index (χ4n) is 4.21. The quantitative estimate of drug-likeness (QED) is 0.641. The van der Waals surface area contributed by atoms with Crippen LogP contribution in [0, 0.1) is 0 Å². The van der Waals surface area contributed by atoms with Crippen molar-refractivity contribution in [1.82, 2.24) is 4.90 Å². The number of rotatable bonds is 8. The molecule has 1 aliphatic heterocycles. The molecule has 0 aromatic heterocycles. The van der Waals surface area contributed by atoms with Crippen molar-refractivity contribution in [3.8, 4) is 5.75 Å². The lowest BCUT2D eigenvalue weighted by Gasteiger charge is -2.37. The molecule has 0 spiro atoms. The molecule has 1 fully saturated rings. The molecule has 1 aliphatic rings. The second-order valence-corrected chi connectivity index (χ2v) is 11.1. The fraction of sp³-hybridized carbons (Fsp3) is 0.478. The number of benzene rings is 2. The maximum absolute atomic E-state index is 11.6. The van der Waals surface area contributed by atoms with E-state index in [9.17, 15) is 13.5 Å². The van der Waals surface area contributed by atoms with Crippen LogP contribution in [-0.4, -0.2) is 63.1 Å².